The van der Waals surface area contributed by atoms with Crippen molar-refractivity contribution in [2.75, 3.05) is 17.2 Å². The van der Waals surface area contributed by atoms with Crippen LogP contribution in [0.15, 0.2) is 30.5 Å². The Morgan fingerprint density at radius 3 is 2.96 bits per heavy atom. The first-order valence-electron chi connectivity index (χ1n) is 7.50. The lowest BCUT2D eigenvalue weighted by Gasteiger charge is -2.12. The summed E-state index contributed by atoms with van der Waals surface area (Å²) in [6.45, 7) is 1.71. The molecule has 1 unspecified atom stereocenters. The van der Waals surface area contributed by atoms with Crippen molar-refractivity contribution in [3.63, 3.8) is 0 Å². The van der Waals surface area contributed by atoms with E-state index < -0.39 is 5.82 Å². The molecule has 2 heterocycles. The van der Waals surface area contributed by atoms with Crippen molar-refractivity contribution in [2.45, 2.75) is 13.0 Å². The van der Waals surface area contributed by atoms with Gasteiger partial charge in [-0.2, -0.15) is 5.10 Å². The number of halogens is 1. The zero-order chi connectivity index (χ0) is 17.8. The summed E-state index contributed by atoms with van der Waals surface area (Å²) in [5, 5.41) is 22.0. The quantitative estimate of drug-likeness (QED) is 0.489. The molecule has 9 heteroatoms. The lowest BCUT2D eigenvalue weighted by Crippen LogP contribution is -2.19. The fraction of sp³-hybridized carbons (Fsp3) is 0.188. The second-order valence-electron chi connectivity index (χ2n) is 5.34. The number of aromatic nitrogens is 3. The smallest absolute Gasteiger partial charge is 0.211 e. The summed E-state index contributed by atoms with van der Waals surface area (Å²) in [4.78, 5) is 14.6. The van der Waals surface area contributed by atoms with Gasteiger partial charge in [-0.1, -0.05) is 0 Å². The van der Waals surface area contributed by atoms with Crippen LogP contribution < -0.4 is 15.4 Å². The minimum Gasteiger partial charge on any atom is -0.453 e. The average Bonchev–Trinajstić information content (AvgIpc) is 3.01. The summed E-state index contributed by atoms with van der Waals surface area (Å²) < 4.78 is 19.9. The van der Waals surface area contributed by atoms with Crippen LogP contribution in [-0.4, -0.2) is 39.3 Å². The first-order chi connectivity index (χ1) is 12.1. The number of hydrogen-bond acceptors (Lipinski definition) is 6. The van der Waals surface area contributed by atoms with Crippen molar-refractivity contribution < 1.29 is 19.0 Å². The number of carbonyl (C=O) groups excluding carboxylic acids is 1. The monoisotopic (exact) mass is 345 g/mol. The minimum atomic E-state index is -0.626. The number of aromatic amines is 1. The highest BCUT2D eigenvalue weighted by Crippen LogP contribution is 2.34. The van der Waals surface area contributed by atoms with Crippen molar-refractivity contribution in [2.24, 2.45) is 0 Å². The van der Waals surface area contributed by atoms with Crippen LogP contribution in [0.4, 0.5) is 15.9 Å². The van der Waals surface area contributed by atoms with Crippen LogP contribution in [0.1, 0.15) is 6.92 Å². The summed E-state index contributed by atoms with van der Waals surface area (Å²) >= 11 is 0. The number of ether oxygens (including phenoxy) is 1. The first-order valence-corrected chi connectivity index (χ1v) is 7.50. The number of H-pyrrole nitrogens is 1. The number of nitrogens with zero attached hydrogens (tertiary/aromatic N) is 2. The van der Waals surface area contributed by atoms with E-state index >= 15 is 0 Å². The Morgan fingerprint density at radius 2 is 2.24 bits per heavy atom. The van der Waals surface area contributed by atoms with E-state index in [1.807, 2.05) is 0 Å². The van der Waals surface area contributed by atoms with E-state index in [1.165, 1.54) is 18.3 Å². The molecule has 25 heavy (non-hydrogen) atoms. The maximum atomic E-state index is 14.2. The average molecular weight is 345 g/mol. The summed E-state index contributed by atoms with van der Waals surface area (Å²) in [5.41, 5.74) is 0.784. The maximum absolute atomic E-state index is 14.2. The largest absolute Gasteiger partial charge is 0.453 e. The normalized spacial score (nSPS) is 12.0. The highest BCUT2D eigenvalue weighted by atomic mass is 19.1. The molecule has 0 spiro atoms. The van der Waals surface area contributed by atoms with Gasteiger partial charge in [-0.05, 0) is 19.1 Å². The molecule has 0 aliphatic heterocycles. The number of benzene rings is 1. The second-order valence-corrected chi connectivity index (χ2v) is 5.34. The third-order valence-corrected chi connectivity index (χ3v) is 3.46. The summed E-state index contributed by atoms with van der Waals surface area (Å²) in [6.07, 6.45) is 1.97. The molecule has 130 valence electrons. The van der Waals surface area contributed by atoms with Gasteiger partial charge in [0, 0.05) is 30.1 Å². The number of amides is 1. The van der Waals surface area contributed by atoms with Crippen LogP contribution in [0.2, 0.25) is 0 Å². The Morgan fingerprint density at radius 1 is 1.40 bits per heavy atom. The Labute approximate surface area is 142 Å². The molecule has 0 saturated heterocycles. The van der Waals surface area contributed by atoms with Crippen LogP contribution in [0, 0.1) is 5.82 Å². The molecule has 0 bridgehead atoms. The van der Waals surface area contributed by atoms with Gasteiger partial charge in [0.15, 0.2) is 23.0 Å². The molecule has 1 aromatic carbocycles. The van der Waals surface area contributed by atoms with Gasteiger partial charge in [-0.25, -0.2) is 9.37 Å². The van der Waals surface area contributed by atoms with E-state index in [1.54, 1.807) is 13.0 Å². The third-order valence-electron chi connectivity index (χ3n) is 3.46. The van der Waals surface area contributed by atoms with Gasteiger partial charge < -0.3 is 20.5 Å². The predicted molar refractivity (Wildman–Crippen MR) is 90.2 cm³/mol. The van der Waals surface area contributed by atoms with Crippen molar-refractivity contribution in [1.29, 1.82) is 0 Å². The molecule has 8 nitrogen and oxygen atoms in total. The third kappa shape index (κ3) is 3.50. The number of carbonyl (C=O) groups is 1. The summed E-state index contributed by atoms with van der Waals surface area (Å²) in [6, 6.07) is 5.45. The summed E-state index contributed by atoms with van der Waals surface area (Å²) in [5.74, 6) is 0.158. The SMILES string of the molecule is CC(CO)Nc1n[nH]c2nccc(Oc3ccc(NC=O)cc3F)c12. The Balaban J connectivity index is 1.96. The van der Waals surface area contributed by atoms with E-state index in [2.05, 4.69) is 25.8 Å². The van der Waals surface area contributed by atoms with Gasteiger partial charge in [-0.15, -0.1) is 0 Å². The number of nitrogens with one attached hydrogen (secondary N) is 3. The van der Waals surface area contributed by atoms with E-state index in [0.29, 0.717) is 34.7 Å². The highest BCUT2D eigenvalue weighted by Gasteiger charge is 2.16. The molecule has 0 fully saturated rings. The van der Waals surface area contributed by atoms with E-state index in [-0.39, 0.29) is 18.4 Å². The number of pyridine rings is 1. The number of anilines is 2. The van der Waals surface area contributed by atoms with E-state index in [9.17, 15) is 14.3 Å². The lowest BCUT2D eigenvalue weighted by molar-refractivity contribution is -0.105. The molecular weight excluding hydrogens is 329 g/mol. The molecule has 0 radical (unpaired) electrons. The van der Waals surface area contributed by atoms with Crippen LogP contribution in [-0.2, 0) is 4.79 Å². The molecule has 3 rings (SSSR count). The first kappa shape index (κ1) is 16.7. The molecular formula is C16H16FN5O3. The summed E-state index contributed by atoms with van der Waals surface area (Å²) in [7, 11) is 0. The number of rotatable bonds is 7. The molecule has 2 aromatic heterocycles. The molecule has 0 saturated carbocycles. The van der Waals surface area contributed by atoms with Gasteiger partial charge in [0.05, 0.1) is 6.61 Å². The molecule has 3 aromatic rings. The van der Waals surface area contributed by atoms with Gasteiger partial charge in [0.2, 0.25) is 6.41 Å². The molecule has 0 aliphatic carbocycles. The fourth-order valence-corrected chi connectivity index (χ4v) is 2.25. The van der Waals surface area contributed by atoms with Crippen LogP contribution >= 0.6 is 0 Å². The maximum Gasteiger partial charge on any atom is 0.211 e. The van der Waals surface area contributed by atoms with Crippen molar-refractivity contribution in [3.05, 3.63) is 36.3 Å². The number of aliphatic hydroxyl groups excluding tert-OH is 1. The fourth-order valence-electron chi connectivity index (χ4n) is 2.25. The van der Waals surface area contributed by atoms with Gasteiger partial charge in [-0.3, -0.25) is 9.89 Å². The van der Waals surface area contributed by atoms with Gasteiger partial charge in [0.1, 0.15) is 11.1 Å². The molecule has 0 aliphatic rings. The lowest BCUT2D eigenvalue weighted by atomic mass is 10.2. The highest BCUT2D eigenvalue weighted by molar-refractivity contribution is 5.93. The number of fused-ring (bicyclic) bond motifs is 1. The van der Waals surface area contributed by atoms with Crippen molar-refractivity contribution in [1.82, 2.24) is 15.2 Å². The van der Waals surface area contributed by atoms with Crippen LogP contribution in [0.5, 0.6) is 11.5 Å². The van der Waals surface area contributed by atoms with Crippen LogP contribution in [0.25, 0.3) is 11.0 Å². The standard InChI is InChI=1S/C16H16FN5O3/c1-9(7-23)20-16-14-13(4-5-18-15(14)21-22-16)25-12-3-2-10(19-8-24)6-11(12)17/h2-6,8-9,23H,7H2,1H3,(H,19,24)(H2,18,20,21,22). The van der Waals surface area contributed by atoms with Gasteiger partial charge >= 0.3 is 0 Å². The van der Waals surface area contributed by atoms with Crippen molar-refractivity contribution >= 4 is 28.9 Å². The van der Waals surface area contributed by atoms with Crippen molar-refractivity contribution in [3.8, 4) is 11.5 Å². The topological polar surface area (TPSA) is 112 Å². The Kier molecular flexibility index (Phi) is 4.75. The zero-order valence-electron chi connectivity index (χ0n) is 13.3. The molecule has 1 atom stereocenters. The second kappa shape index (κ2) is 7.14. The van der Waals surface area contributed by atoms with Crippen LogP contribution in [0.3, 0.4) is 0 Å². The Bertz CT molecular complexity index is 899. The number of hydrogen-bond donors (Lipinski definition) is 4. The van der Waals surface area contributed by atoms with E-state index in [0.717, 1.165) is 6.07 Å². The number of aliphatic hydroxyl groups is 1. The Hall–Kier alpha value is -3.20. The predicted octanol–water partition coefficient (Wildman–Crippen LogP) is 2.25. The van der Waals surface area contributed by atoms with E-state index in [4.69, 9.17) is 4.74 Å². The van der Waals surface area contributed by atoms with Gasteiger partial charge in [0.25, 0.3) is 0 Å². The molecule has 4 N–H and O–H groups in total. The minimum absolute atomic E-state index is 0.00805. The molecule has 1 amide bonds. The zero-order valence-corrected chi connectivity index (χ0v) is 13.3.